The number of primary amides is 2. The Kier molecular flexibility index (Phi) is 4.04. The van der Waals surface area contributed by atoms with Gasteiger partial charge >= 0.3 is 0 Å². The van der Waals surface area contributed by atoms with Crippen LogP contribution in [0.3, 0.4) is 0 Å². The van der Waals surface area contributed by atoms with Crippen molar-refractivity contribution in [2.75, 3.05) is 5.32 Å². The van der Waals surface area contributed by atoms with Gasteiger partial charge in [-0.2, -0.15) is 0 Å². The quantitative estimate of drug-likeness (QED) is 0.768. The molecule has 0 unspecified atom stereocenters. The number of nitrogens with one attached hydrogen (secondary N) is 1. The Morgan fingerprint density at radius 1 is 0.947 bits per heavy atom. The van der Waals surface area contributed by atoms with Crippen LogP contribution in [-0.4, -0.2) is 17.9 Å². The van der Waals surface area contributed by atoms with E-state index < -0.39 is 11.8 Å². The van der Waals surface area contributed by atoms with E-state index in [2.05, 4.69) is 5.32 Å². The second kappa shape index (κ2) is 5.73. The standard InChI is InChI=1S/C14H19N3O2/c15-13(18)9-6-10(14(16)19)8-12(7-9)17-11-4-2-1-3-5-11/h6-8,11,17H,1-5H2,(H2,15,18)(H2,16,19). The molecule has 0 saturated heterocycles. The lowest BCUT2D eigenvalue weighted by molar-refractivity contribution is 0.0999. The largest absolute Gasteiger partial charge is 0.382 e. The van der Waals surface area contributed by atoms with Crippen LogP contribution < -0.4 is 16.8 Å². The van der Waals surface area contributed by atoms with Gasteiger partial charge in [0.15, 0.2) is 0 Å². The highest BCUT2D eigenvalue weighted by Gasteiger charge is 2.15. The van der Waals surface area contributed by atoms with Crippen LogP contribution >= 0.6 is 0 Å². The van der Waals surface area contributed by atoms with Crippen LogP contribution in [0.15, 0.2) is 18.2 Å². The van der Waals surface area contributed by atoms with E-state index in [1.807, 2.05) is 0 Å². The predicted molar refractivity (Wildman–Crippen MR) is 74.0 cm³/mol. The number of hydrogen-bond donors (Lipinski definition) is 3. The Balaban J connectivity index is 2.22. The molecular weight excluding hydrogens is 242 g/mol. The van der Waals surface area contributed by atoms with Gasteiger partial charge in [-0.15, -0.1) is 0 Å². The van der Waals surface area contributed by atoms with Crippen molar-refractivity contribution in [1.29, 1.82) is 0 Å². The molecular formula is C14H19N3O2. The molecule has 5 heteroatoms. The number of benzene rings is 1. The van der Waals surface area contributed by atoms with Crippen LogP contribution in [-0.2, 0) is 0 Å². The molecule has 0 aliphatic heterocycles. The Morgan fingerprint density at radius 2 is 1.47 bits per heavy atom. The maximum Gasteiger partial charge on any atom is 0.248 e. The van der Waals surface area contributed by atoms with Crippen molar-refractivity contribution in [2.45, 2.75) is 38.1 Å². The third-order valence-electron chi connectivity index (χ3n) is 3.48. The minimum absolute atomic E-state index is 0.301. The third-order valence-corrected chi connectivity index (χ3v) is 3.48. The summed E-state index contributed by atoms with van der Waals surface area (Å²) in [5.41, 5.74) is 11.9. The number of carbonyl (C=O) groups excluding carboxylic acids is 2. The summed E-state index contributed by atoms with van der Waals surface area (Å²) >= 11 is 0. The molecule has 102 valence electrons. The second-order valence-electron chi connectivity index (χ2n) is 5.01. The Labute approximate surface area is 112 Å². The van der Waals surface area contributed by atoms with Gasteiger partial charge in [0.25, 0.3) is 0 Å². The van der Waals surface area contributed by atoms with Crippen molar-refractivity contribution in [1.82, 2.24) is 0 Å². The molecule has 1 aliphatic rings. The maximum atomic E-state index is 11.3. The summed E-state index contributed by atoms with van der Waals surface area (Å²) in [5.74, 6) is -1.12. The molecule has 1 aromatic carbocycles. The van der Waals surface area contributed by atoms with Gasteiger partial charge in [0.2, 0.25) is 11.8 Å². The van der Waals surface area contributed by atoms with Crippen molar-refractivity contribution in [3.8, 4) is 0 Å². The lowest BCUT2D eigenvalue weighted by atomic mass is 9.95. The molecule has 19 heavy (non-hydrogen) atoms. The fourth-order valence-electron chi connectivity index (χ4n) is 2.48. The maximum absolute atomic E-state index is 11.3. The zero-order chi connectivity index (χ0) is 13.8. The molecule has 0 aromatic heterocycles. The minimum atomic E-state index is -0.560. The third kappa shape index (κ3) is 3.47. The Bertz CT molecular complexity index is 461. The van der Waals surface area contributed by atoms with Gasteiger partial charge in [-0.05, 0) is 31.0 Å². The highest BCUT2D eigenvalue weighted by Crippen LogP contribution is 2.23. The van der Waals surface area contributed by atoms with E-state index in [1.165, 1.54) is 25.3 Å². The summed E-state index contributed by atoms with van der Waals surface area (Å²) in [6, 6.07) is 5.15. The number of amides is 2. The monoisotopic (exact) mass is 261 g/mol. The first-order chi connectivity index (χ1) is 9.06. The van der Waals surface area contributed by atoms with Gasteiger partial charge in [0.1, 0.15) is 0 Å². The van der Waals surface area contributed by atoms with E-state index in [4.69, 9.17) is 11.5 Å². The average Bonchev–Trinajstić information content (AvgIpc) is 2.39. The van der Waals surface area contributed by atoms with E-state index in [9.17, 15) is 9.59 Å². The van der Waals surface area contributed by atoms with Crippen molar-refractivity contribution in [2.24, 2.45) is 11.5 Å². The molecule has 0 bridgehead atoms. The highest BCUT2D eigenvalue weighted by atomic mass is 16.1. The molecule has 1 fully saturated rings. The van der Waals surface area contributed by atoms with Crippen molar-refractivity contribution in [3.63, 3.8) is 0 Å². The summed E-state index contributed by atoms with van der Waals surface area (Å²) in [7, 11) is 0. The summed E-state index contributed by atoms with van der Waals surface area (Å²) in [6.07, 6.45) is 5.89. The Morgan fingerprint density at radius 3 is 1.95 bits per heavy atom. The van der Waals surface area contributed by atoms with Gasteiger partial charge in [0, 0.05) is 22.9 Å². The lowest BCUT2D eigenvalue weighted by Crippen LogP contribution is -2.23. The fourth-order valence-corrected chi connectivity index (χ4v) is 2.48. The first-order valence-corrected chi connectivity index (χ1v) is 6.57. The van der Waals surface area contributed by atoms with Gasteiger partial charge in [-0.1, -0.05) is 19.3 Å². The fraction of sp³-hybridized carbons (Fsp3) is 0.429. The van der Waals surface area contributed by atoms with Crippen LogP contribution in [0.25, 0.3) is 0 Å². The van der Waals surface area contributed by atoms with Crippen molar-refractivity contribution in [3.05, 3.63) is 29.3 Å². The van der Waals surface area contributed by atoms with Gasteiger partial charge in [-0.25, -0.2) is 0 Å². The van der Waals surface area contributed by atoms with Crippen LogP contribution in [0, 0.1) is 0 Å². The van der Waals surface area contributed by atoms with Crippen LogP contribution in [0.1, 0.15) is 52.8 Å². The first kappa shape index (κ1) is 13.4. The molecule has 0 atom stereocenters. The zero-order valence-corrected chi connectivity index (χ0v) is 10.8. The molecule has 1 aliphatic carbocycles. The van der Waals surface area contributed by atoms with Gasteiger partial charge < -0.3 is 16.8 Å². The van der Waals surface area contributed by atoms with Crippen molar-refractivity contribution >= 4 is 17.5 Å². The molecule has 2 rings (SSSR count). The second-order valence-corrected chi connectivity index (χ2v) is 5.01. The first-order valence-electron chi connectivity index (χ1n) is 6.57. The molecule has 1 saturated carbocycles. The summed E-state index contributed by atoms with van der Waals surface area (Å²) in [6.45, 7) is 0. The highest BCUT2D eigenvalue weighted by molar-refractivity contribution is 5.99. The van der Waals surface area contributed by atoms with Crippen LogP contribution in [0.4, 0.5) is 5.69 Å². The van der Waals surface area contributed by atoms with Gasteiger partial charge in [-0.3, -0.25) is 9.59 Å². The van der Waals surface area contributed by atoms with Crippen LogP contribution in [0.2, 0.25) is 0 Å². The van der Waals surface area contributed by atoms with Crippen molar-refractivity contribution < 1.29 is 9.59 Å². The van der Waals surface area contributed by atoms with E-state index >= 15 is 0 Å². The number of rotatable bonds is 4. The van der Waals surface area contributed by atoms with E-state index in [1.54, 1.807) is 12.1 Å². The molecule has 2 amide bonds. The molecule has 0 radical (unpaired) electrons. The van der Waals surface area contributed by atoms with E-state index in [-0.39, 0.29) is 0 Å². The van der Waals surface area contributed by atoms with Gasteiger partial charge in [0.05, 0.1) is 0 Å². The Hall–Kier alpha value is -2.04. The molecule has 5 N–H and O–H groups in total. The predicted octanol–water partition coefficient (Wildman–Crippen LogP) is 1.63. The number of hydrogen-bond acceptors (Lipinski definition) is 3. The minimum Gasteiger partial charge on any atom is -0.382 e. The summed E-state index contributed by atoms with van der Waals surface area (Å²) in [4.78, 5) is 22.5. The molecule has 5 nitrogen and oxygen atoms in total. The lowest BCUT2D eigenvalue weighted by Gasteiger charge is -2.24. The summed E-state index contributed by atoms with van der Waals surface area (Å²) < 4.78 is 0. The number of carbonyl (C=O) groups is 2. The molecule has 0 spiro atoms. The molecule has 0 heterocycles. The number of anilines is 1. The molecule has 1 aromatic rings. The number of nitrogens with two attached hydrogens (primary N) is 2. The topological polar surface area (TPSA) is 98.2 Å². The smallest absolute Gasteiger partial charge is 0.248 e. The zero-order valence-electron chi connectivity index (χ0n) is 10.8. The normalized spacial score (nSPS) is 16.0. The average molecular weight is 261 g/mol. The van der Waals surface area contributed by atoms with E-state index in [0.717, 1.165) is 18.5 Å². The van der Waals surface area contributed by atoms with Crippen LogP contribution in [0.5, 0.6) is 0 Å². The van der Waals surface area contributed by atoms with E-state index in [0.29, 0.717) is 17.2 Å². The summed E-state index contributed by atoms with van der Waals surface area (Å²) in [5, 5.41) is 3.36. The SMILES string of the molecule is NC(=O)c1cc(NC2CCCCC2)cc(C(N)=O)c1.